The Labute approximate surface area is 111 Å². The highest BCUT2D eigenvalue weighted by Crippen LogP contribution is 2.15. The second-order valence-corrected chi connectivity index (χ2v) is 4.92. The number of benzene rings is 1. The summed E-state index contributed by atoms with van der Waals surface area (Å²) >= 11 is 3.36. The van der Waals surface area contributed by atoms with E-state index in [9.17, 15) is 4.79 Å². The van der Waals surface area contributed by atoms with Gasteiger partial charge in [0.05, 0.1) is 6.07 Å². The number of nitrogens with zero attached hydrogens (tertiary/aromatic N) is 1. The molecule has 2 nitrogen and oxygen atoms in total. The zero-order valence-corrected chi connectivity index (χ0v) is 11.4. The van der Waals surface area contributed by atoms with E-state index in [1.807, 2.05) is 24.3 Å². The number of carbonyl (C=O) groups excluding carboxylic acids is 1. The minimum atomic E-state index is 0.201. The third kappa shape index (κ3) is 5.65. The summed E-state index contributed by atoms with van der Waals surface area (Å²) in [5.41, 5.74) is 0.774. The Balaban J connectivity index is 2.24. The molecule has 0 spiro atoms. The SMILES string of the molecule is N#CCCCCCCC(=O)c1cccc(Br)c1. The molecule has 0 atom stereocenters. The zero-order chi connectivity index (χ0) is 12.5. The molecule has 17 heavy (non-hydrogen) atoms. The summed E-state index contributed by atoms with van der Waals surface area (Å²) in [4.78, 5) is 11.8. The molecule has 0 unspecified atom stereocenters. The summed E-state index contributed by atoms with van der Waals surface area (Å²) in [6, 6.07) is 9.63. The lowest BCUT2D eigenvalue weighted by atomic mass is 10.0. The van der Waals surface area contributed by atoms with Crippen LogP contribution in [-0.4, -0.2) is 5.78 Å². The maximum atomic E-state index is 11.8. The van der Waals surface area contributed by atoms with Gasteiger partial charge in [0.2, 0.25) is 0 Å². The number of hydrogen-bond donors (Lipinski definition) is 0. The summed E-state index contributed by atoms with van der Waals surface area (Å²) in [5.74, 6) is 0.201. The number of rotatable bonds is 7. The number of unbranched alkanes of at least 4 members (excludes halogenated alkanes) is 4. The molecule has 1 aromatic rings. The van der Waals surface area contributed by atoms with E-state index in [4.69, 9.17) is 5.26 Å². The monoisotopic (exact) mass is 293 g/mol. The van der Waals surface area contributed by atoms with Gasteiger partial charge < -0.3 is 0 Å². The first-order chi connectivity index (χ1) is 8.24. The number of ketones is 1. The van der Waals surface area contributed by atoms with Crippen LogP contribution in [0.2, 0.25) is 0 Å². The van der Waals surface area contributed by atoms with Gasteiger partial charge in [0.25, 0.3) is 0 Å². The lowest BCUT2D eigenvalue weighted by Crippen LogP contribution is -1.98. The molecule has 1 rings (SSSR count). The van der Waals surface area contributed by atoms with Crippen LogP contribution < -0.4 is 0 Å². The summed E-state index contributed by atoms with van der Waals surface area (Å²) in [6.45, 7) is 0. The minimum absolute atomic E-state index is 0.201. The van der Waals surface area contributed by atoms with Crippen molar-refractivity contribution in [3.63, 3.8) is 0 Å². The standard InChI is InChI=1S/C14H16BrNO/c15-13-8-6-7-12(11-13)14(17)9-4-2-1-3-5-10-16/h6-8,11H,1-5,9H2. The number of halogens is 1. The van der Waals surface area contributed by atoms with Crippen LogP contribution in [0.1, 0.15) is 48.9 Å². The fourth-order valence-electron chi connectivity index (χ4n) is 1.65. The number of carbonyl (C=O) groups is 1. The predicted octanol–water partition coefficient (Wildman–Crippen LogP) is 4.50. The molecule has 0 bridgehead atoms. The van der Waals surface area contributed by atoms with Crippen LogP contribution in [0.3, 0.4) is 0 Å². The largest absolute Gasteiger partial charge is 0.294 e. The van der Waals surface area contributed by atoms with Crippen LogP contribution in [-0.2, 0) is 0 Å². The average Bonchev–Trinajstić information content (AvgIpc) is 2.33. The molecule has 0 aliphatic rings. The van der Waals surface area contributed by atoms with Crippen LogP contribution in [0.5, 0.6) is 0 Å². The van der Waals surface area contributed by atoms with Crippen molar-refractivity contribution in [1.29, 1.82) is 5.26 Å². The Bertz CT molecular complexity index is 409. The molecule has 0 aliphatic heterocycles. The molecular formula is C14H16BrNO. The Hall–Kier alpha value is -1.14. The van der Waals surface area contributed by atoms with E-state index in [0.717, 1.165) is 35.7 Å². The molecule has 0 fully saturated rings. The van der Waals surface area contributed by atoms with E-state index in [0.29, 0.717) is 12.8 Å². The summed E-state index contributed by atoms with van der Waals surface area (Å²) in [5, 5.41) is 8.38. The second kappa shape index (κ2) is 8.03. The zero-order valence-electron chi connectivity index (χ0n) is 9.79. The van der Waals surface area contributed by atoms with E-state index >= 15 is 0 Å². The molecule has 0 N–H and O–H groups in total. The molecule has 0 radical (unpaired) electrons. The fourth-order valence-corrected chi connectivity index (χ4v) is 2.05. The van der Waals surface area contributed by atoms with Crippen molar-refractivity contribution >= 4 is 21.7 Å². The third-order valence-corrected chi connectivity index (χ3v) is 3.08. The number of Topliss-reactive ketones (excluding diaryl/α,β-unsaturated/α-hetero) is 1. The van der Waals surface area contributed by atoms with Crippen LogP contribution in [0.15, 0.2) is 28.7 Å². The van der Waals surface area contributed by atoms with Gasteiger partial charge in [-0.05, 0) is 25.0 Å². The molecular weight excluding hydrogens is 278 g/mol. The van der Waals surface area contributed by atoms with Crippen molar-refractivity contribution in [2.75, 3.05) is 0 Å². The number of nitriles is 1. The fraction of sp³-hybridized carbons (Fsp3) is 0.429. The van der Waals surface area contributed by atoms with Crippen molar-refractivity contribution < 1.29 is 4.79 Å². The molecule has 0 saturated heterocycles. The van der Waals surface area contributed by atoms with Crippen LogP contribution >= 0.6 is 15.9 Å². The van der Waals surface area contributed by atoms with Gasteiger partial charge in [0.1, 0.15) is 0 Å². The molecule has 0 heterocycles. The van der Waals surface area contributed by atoms with Crippen molar-refractivity contribution in [2.24, 2.45) is 0 Å². The molecule has 3 heteroatoms. The van der Waals surface area contributed by atoms with Gasteiger partial charge in [-0.3, -0.25) is 4.79 Å². The Morgan fingerprint density at radius 2 is 2.00 bits per heavy atom. The van der Waals surface area contributed by atoms with E-state index < -0.39 is 0 Å². The molecule has 0 aliphatic carbocycles. The van der Waals surface area contributed by atoms with E-state index in [1.54, 1.807) is 0 Å². The van der Waals surface area contributed by atoms with Gasteiger partial charge in [-0.15, -0.1) is 0 Å². The van der Waals surface area contributed by atoms with Crippen LogP contribution in [0.25, 0.3) is 0 Å². The second-order valence-electron chi connectivity index (χ2n) is 4.01. The topological polar surface area (TPSA) is 40.9 Å². The molecule has 0 aromatic heterocycles. The molecule has 0 saturated carbocycles. The van der Waals surface area contributed by atoms with E-state index in [-0.39, 0.29) is 5.78 Å². The minimum Gasteiger partial charge on any atom is -0.294 e. The van der Waals surface area contributed by atoms with Gasteiger partial charge in [0, 0.05) is 22.9 Å². The summed E-state index contributed by atoms with van der Waals surface area (Å²) < 4.78 is 0.942. The lowest BCUT2D eigenvalue weighted by molar-refractivity contribution is 0.0979. The van der Waals surface area contributed by atoms with Crippen molar-refractivity contribution in [3.8, 4) is 6.07 Å². The van der Waals surface area contributed by atoms with E-state index in [1.165, 1.54) is 0 Å². The van der Waals surface area contributed by atoms with Gasteiger partial charge in [0.15, 0.2) is 5.78 Å². The Kier molecular flexibility index (Phi) is 6.57. The highest BCUT2D eigenvalue weighted by molar-refractivity contribution is 9.10. The van der Waals surface area contributed by atoms with Crippen LogP contribution in [0.4, 0.5) is 0 Å². The average molecular weight is 294 g/mol. The first-order valence-electron chi connectivity index (χ1n) is 5.90. The van der Waals surface area contributed by atoms with Gasteiger partial charge >= 0.3 is 0 Å². The van der Waals surface area contributed by atoms with Gasteiger partial charge in [-0.1, -0.05) is 40.9 Å². The van der Waals surface area contributed by atoms with Crippen molar-refractivity contribution in [3.05, 3.63) is 34.3 Å². The molecule has 0 amide bonds. The first-order valence-corrected chi connectivity index (χ1v) is 6.69. The van der Waals surface area contributed by atoms with Crippen molar-refractivity contribution in [2.45, 2.75) is 38.5 Å². The highest BCUT2D eigenvalue weighted by atomic mass is 79.9. The predicted molar refractivity (Wildman–Crippen MR) is 71.8 cm³/mol. The summed E-state index contributed by atoms with van der Waals surface area (Å²) in [6.07, 6.45) is 5.15. The van der Waals surface area contributed by atoms with Gasteiger partial charge in [-0.2, -0.15) is 5.26 Å². The maximum Gasteiger partial charge on any atom is 0.162 e. The summed E-state index contributed by atoms with van der Waals surface area (Å²) in [7, 11) is 0. The highest BCUT2D eigenvalue weighted by Gasteiger charge is 2.05. The van der Waals surface area contributed by atoms with Gasteiger partial charge in [-0.25, -0.2) is 0 Å². The molecule has 1 aromatic carbocycles. The van der Waals surface area contributed by atoms with E-state index in [2.05, 4.69) is 22.0 Å². The normalized spacial score (nSPS) is 9.88. The lowest BCUT2D eigenvalue weighted by Gasteiger charge is -2.01. The first kappa shape index (κ1) is 13.9. The molecule has 90 valence electrons. The smallest absolute Gasteiger partial charge is 0.162 e. The van der Waals surface area contributed by atoms with Crippen LogP contribution in [0, 0.1) is 11.3 Å². The Morgan fingerprint density at radius 3 is 2.71 bits per heavy atom. The quantitative estimate of drug-likeness (QED) is 0.549. The third-order valence-electron chi connectivity index (χ3n) is 2.59. The number of hydrogen-bond acceptors (Lipinski definition) is 2. The Morgan fingerprint density at radius 1 is 1.24 bits per heavy atom. The maximum absolute atomic E-state index is 11.8. The van der Waals surface area contributed by atoms with Crippen molar-refractivity contribution in [1.82, 2.24) is 0 Å².